The lowest BCUT2D eigenvalue weighted by molar-refractivity contribution is -0.133. The van der Waals surface area contributed by atoms with Crippen molar-refractivity contribution in [2.24, 2.45) is 0 Å². The molecule has 2 aromatic carbocycles. The number of carbonyl (C=O) groups is 2. The molecule has 0 spiro atoms. The molecule has 1 unspecified atom stereocenters. The van der Waals surface area contributed by atoms with Crippen LogP contribution in [0, 0.1) is 0 Å². The number of carbonyl (C=O) groups excluding carboxylic acids is 2. The number of hydrogen-bond donors (Lipinski definition) is 1. The third-order valence-corrected chi connectivity index (χ3v) is 6.51. The minimum Gasteiger partial charge on any atom is -0.369 e. The van der Waals surface area contributed by atoms with Gasteiger partial charge >= 0.3 is 0 Å². The molecule has 4 rings (SSSR count). The first-order chi connectivity index (χ1) is 15.0. The summed E-state index contributed by atoms with van der Waals surface area (Å²) in [6.45, 7) is 6.82. The molecule has 0 bridgehead atoms. The van der Waals surface area contributed by atoms with Gasteiger partial charge in [0.25, 0.3) is 0 Å². The molecule has 6 heteroatoms. The van der Waals surface area contributed by atoms with Crippen molar-refractivity contribution in [3.63, 3.8) is 0 Å². The average molecular weight is 421 g/mol. The summed E-state index contributed by atoms with van der Waals surface area (Å²) in [6, 6.07) is 16.3. The summed E-state index contributed by atoms with van der Waals surface area (Å²) >= 11 is 0. The van der Waals surface area contributed by atoms with E-state index in [2.05, 4.69) is 46.4 Å². The summed E-state index contributed by atoms with van der Waals surface area (Å²) in [5.41, 5.74) is 4.66. The minimum atomic E-state index is -0.199. The van der Waals surface area contributed by atoms with Gasteiger partial charge in [-0.1, -0.05) is 42.5 Å². The van der Waals surface area contributed by atoms with Crippen molar-refractivity contribution >= 4 is 17.5 Å². The Kier molecular flexibility index (Phi) is 6.56. The number of nitrogens with zero attached hydrogens (tertiary/aromatic N) is 3. The molecule has 0 aliphatic carbocycles. The monoisotopic (exact) mass is 420 g/mol. The molecule has 31 heavy (non-hydrogen) atoms. The molecule has 1 saturated heterocycles. The van der Waals surface area contributed by atoms with Crippen molar-refractivity contribution in [2.75, 3.05) is 44.7 Å². The summed E-state index contributed by atoms with van der Waals surface area (Å²) < 4.78 is 0. The summed E-state index contributed by atoms with van der Waals surface area (Å²) in [6.07, 6.45) is 1.12. The highest BCUT2D eigenvalue weighted by molar-refractivity contribution is 5.80. The first-order valence-electron chi connectivity index (χ1n) is 11.2. The predicted octanol–water partition coefficient (Wildman–Crippen LogP) is 2.59. The van der Waals surface area contributed by atoms with Gasteiger partial charge in [-0.3, -0.25) is 9.59 Å². The fourth-order valence-corrected chi connectivity index (χ4v) is 4.71. The highest BCUT2D eigenvalue weighted by Gasteiger charge is 2.30. The Balaban J connectivity index is 1.43. The Morgan fingerprint density at radius 3 is 2.45 bits per heavy atom. The van der Waals surface area contributed by atoms with Crippen LogP contribution in [0.3, 0.4) is 0 Å². The Morgan fingerprint density at radius 2 is 1.68 bits per heavy atom. The van der Waals surface area contributed by atoms with E-state index in [0.717, 1.165) is 43.7 Å². The van der Waals surface area contributed by atoms with Crippen molar-refractivity contribution in [3.05, 3.63) is 65.2 Å². The molecular formula is C25H32N4O2. The zero-order valence-electron chi connectivity index (χ0n) is 18.5. The predicted molar refractivity (Wildman–Crippen MR) is 123 cm³/mol. The van der Waals surface area contributed by atoms with Crippen LogP contribution in [-0.4, -0.2) is 61.4 Å². The third kappa shape index (κ3) is 4.90. The van der Waals surface area contributed by atoms with E-state index in [9.17, 15) is 9.59 Å². The molecular weight excluding hydrogens is 388 g/mol. The Labute approximate surface area is 184 Å². The Bertz CT molecular complexity index is 937. The molecule has 1 atom stereocenters. The van der Waals surface area contributed by atoms with Gasteiger partial charge in [-0.2, -0.15) is 0 Å². The molecule has 2 aliphatic heterocycles. The van der Waals surface area contributed by atoms with Crippen LogP contribution in [0.25, 0.3) is 0 Å². The highest BCUT2D eigenvalue weighted by Crippen LogP contribution is 2.32. The molecule has 1 N–H and O–H groups in total. The lowest BCUT2D eigenvalue weighted by Crippen LogP contribution is -2.45. The number of piperazine rings is 1. The van der Waals surface area contributed by atoms with Gasteiger partial charge in [0.1, 0.15) is 0 Å². The van der Waals surface area contributed by atoms with Crippen LogP contribution in [0.4, 0.5) is 5.69 Å². The normalized spacial score (nSPS) is 19.1. The van der Waals surface area contributed by atoms with E-state index in [4.69, 9.17) is 0 Å². The van der Waals surface area contributed by atoms with Crippen LogP contribution in [0.5, 0.6) is 0 Å². The molecule has 0 aromatic heterocycles. The third-order valence-electron chi connectivity index (χ3n) is 6.51. The second-order valence-electron chi connectivity index (χ2n) is 8.58. The van der Waals surface area contributed by atoms with Gasteiger partial charge in [0, 0.05) is 51.9 Å². The molecule has 2 aliphatic rings. The van der Waals surface area contributed by atoms with Gasteiger partial charge in [-0.15, -0.1) is 0 Å². The zero-order valence-corrected chi connectivity index (χ0v) is 18.5. The summed E-state index contributed by atoms with van der Waals surface area (Å²) in [5.74, 6) is -0.00570. The van der Waals surface area contributed by atoms with E-state index >= 15 is 0 Å². The van der Waals surface area contributed by atoms with E-state index in [1.807, 2.05) is 29.2 Å². The molecule has 0 saturated carbocycles. The summed E-state index contributed by atoms with van der Waals surface area (Å²) in [7, 11) is 2.15. The maximum absolute atomic E-state index is 12.9. The van der Waals surface area contributed by atoms with E-state index in [1.54, 1.807) is 6.92 Å². The van der Waals surface area contributed by atoms with E-state index in [0.29, 0.717) is 13.1 Å². The van der Waals surface area contributed by atoms with Crippen molar-refractivity contribution in [1.82, 2.24) is 15.1 Å². The largest absolute Gasteiger partial charge is 0.369 e. The zero-order chi connectivity index (χ0) is 21.8. The lowest BCUT2D eigenvalue weighted by Gasteiger charge is -2.36. The smallest absolute Gasteiger partial charge is 0.222 e. The summed E-state index contributed by atoms with van der Waals surface area (Å²) in [4.78, 5) is 31.7. The first kappa shape index (κ1) is 21.4. The number of rotatable bonds is 5. The Morgan fingerprint density at radius 1 is 0.968 bits per heavy atom. The standard InChI is InChI=1S/C25H32N4O2/c1-19(30)29-12-11-20-7-3-5-9-22(20)24(29)17-25(31)26-18-21-8-4-6-10-23(21)28-15-13-27(2)14-16-28/h3-10,24H,11-18H2,1-2H3,(H,26,31). The van der Waals surface area contributed by atoms with Crippen molar-refractivity contribution in [1.29, 1.82) is 0 Å². The number of benzene rings is 2. The quantitative estimate of drug-likeness (QED) is 0.808. The first-order valence-corrected chi connectivity index (χ1v) is 11.2. The van der Waals surface area contributed by atoms with E-state index in [-0.39, 0.29) is 24.3 Å². The van der Waals surface area contributed by atoms with Gasteiger partial charge in [-0.25, -0.2) is 0 Å². The highest BCUT2D eigenvalue weighted by atomic mass is 16.2. The molecule has 2 heterocycles. The van der Waals surface area contributed by atoms with Crippen LogP contribution in [0.1, 0.15) is 36.1 Å². The second-order valence-corrected chi connectivity index (χ2v) is 8.58. The number of likely N-dealkylation sites (N-methyl/N-ethyl adjacent to an activating group) is 1. The van der Waals surface area contributed by atoms with Crippen molar-refractivity contribution in [2.45, 2.75) is 32.4 Å². The van der Waals surface area contributed by atoms with Crippen LogP contribution < -0.4 is 10.2 Å². The van der Waals surface area contributed by atoms with Gasteiger partial charge in [0.2, 0.25) is 11.8 Å². The summed E-state index contributed by atoms with van der Waals surface area (Å²) in [5, 5.41) is 3.11. The van der Waals surface area contributed by atoms with Gasteiger partial charge < -0.3 is 20.0 Å². The maximum atomic E-state index is 12.9. The topological polar surface area (TPSA) is 55.9 Å². The second kappa shape index (κ2) is 9.52. The number of para-hydroxylation sites is 1. The number of hydrogen-bond acceptors (Lipinski definition) is 4. The number of fused-ring (bicyclic) bond motifs is 1. The minimum absolute atomic E-state index is 0.0210. The van der Waals surface area contributed by atoms with Gasteiger partial charge in [0.15, 0.2) is 0 Å². The van der Waals surface area contributed by atoms with Crippen molar-refractivity contribution in [3.8, 4) is 0 Å². The van der Waals surface area contributed by atoms with E-state index in [1.165, 1.54) is 11.3 Å². The van der Waals surface area contributed by atoms with Gasteiger partial charge in [-0.05, 0) is 36.2 Å². The fourth-order valence-electron chi connectivity index (χ4n) is 4.71. The van der Waals surface area contributed by atoms with Crippen LogP contribution >= 0.6 is 0 Å². The fraction of sp³-hybridized carbons (Fsp3) is 0.440. The molecule has 2 aromatic rings. The van der Waals surface area contributed by atoms with Crippen molar-refractivity contribution < 1.29 is 9.59 Å². The number of anilines is 1. The lowest BCUT2D eigenvalue weighted by atomic mass is 9.90. The van der Waals surface area contributed by atoms with E-state index < -0.39 is 0 Å². The Hall–Kier alpha value is -2.86. The van der Waals surface area contributed by atoms with Gasteiger partial charge in [0.05, 0.1) is 12.5 Å². The molecule has 6 nitrogen and oxygen atoms in total. The average Bonchev–Trinajstić information content (AvgIpc) is 2.78. The molecule has 0 radical (unpaired) electrons. The molecule has 2 amide bonds. The molecule has 164 valence electrons. The van der Waals surface area contributed by atoms with Crippen LogP contribution in [0.15, 0.2) is 48.5 Å². The SMILES string of the molecule is CC(=O)N1CCc2ccccc2C1CC(=O)NCc1ccccc1N1CCN(C)CC1. The number of nitrogens with one attached hydrogen (secondary N) is 1. The maximum Gasteiger partial charge on any atom is 0.222 e. The number of amides is 2. The van der Waals surface area contributed by atoms with Crippen LogP contribution in [-0.2, 0) is 22.6 Å². The van der Waals surface area contributed by atoms with Crippen LogP contribution in [0.2, 0.25) is 0 Å². The molecule has 1 fully saturated rings.